The molecule has 1 unspecified atom stereocenters. The predicted octanol–water partition coefficient (Wildman–Crippen LogP) is 1.80. The summed E-state index contributed by atoms with van der Waals surface area (Å²) >= 11 is 4.41. The van der Waals surface area contributed by atoms with Crippen LogP contribution in [0.5, 0.6) is 0 Å². The molecule has 0 radical (unpaired) electrons. The van der Waals surface area contributed by atoms with Gasteiger partial charge in [-0.3, -0.25) is 0 Å². The molecule has 96 valence electrons. The van der Waals surface area contributed by atoms with E-state index >= 15 is 0 Å². The van der Waals surface area contributed by atoms with Gasteiger partial charge in [-0.05, 0) is 24.7 Å². The van der Waals surface area contributed by atoms with Crippen LogP contribution >= 0.6 is 12.2 Å². The first kappa shape index (κ1) is 16.0. The third-order valence-corrected chi connectivity index (χ3v) is 1.71. The van der Waals surface area contributed by atoms with Crippen LogP contribution in [0.15, 0.2) is 10.1 Å². The summed E-state index contributed by atoms with van der Waals surface area (Å²) in [4.78, 5) is 6.25. The Hall–Kier alpha value is -1.01. The lowest BCUT2D eigenvalue weighted by Gasteiger charge is -2.07. The molecular weight excluding hydrogens is 244 g/mol. The highest BCUT2D eigenvalue weighted by molar-refractivity contribution is 7.78. The summed E-state index contributed by atoms with van der Waals surface area (Å²) in [5.74, 6) is 0. The molecule has 0 amide bonds. The van der Waals surface area contributed by atoms with Crippen LogP contribution < -0.4 is 0 Å². The van der Waals surface area contributed by atoms with Crippen LogP contribution in [0, 0.1) is 0 Å². The fourth-order valence-electron chi connectivity index (χ4n) is 0.888. The fourth-order valence-corrected chi connectivity index (χ4v) is 1.01. The Bertz CT molecular complexity index is 259. The van der Waals surface area contributed by atoms with Gasteiger partial charge in [0.25, 0.3) is 0 Å². The van der Waals surface area contributed by atoms with Crippen molar-refractivity contribution in [1.82, 2.24) is 0 Å². The van der Waals surface area contributed by atoms with Crippen molar-refractivity contribution in [3.8, 4) is 0 Å². The zero-order valence-corrected chi connectivity index (χ0v) is 10.6. The van der Waals surface area contributed by atoms with Gasteiger partial charge in [0.15, 0.2) is 6.17 Å². The second-order valence-corrected chi connectivity index (χ2v) is 2.97. The minimum Gasteiger partial charge on any atom is -0.379 e. The van der Waals surface area contributed by atoms with Crippen molar-refractivity contribution in [2.24, 2.45) is 10.1 Å². The third kappa shape index (κ3) is 11.3. The molecule has 1 atom stereocenters. The molecule has 0 heterocycles. The summed E-state index contributed by atoms with van der Waals surface area (Å²) in [7, 11) is 0. The lowest BCUT2D eigenvalue weighted by molar-refractivity contribution is 0.0148. The second-order valence-electron chi connectivity index (χ2n) is 2.79. The highest BCUT2D eigenvalue weighted by Gasteiger charge is 2.02. The molecule has 17 heavy (non-hydrogen) atoms. The number of nitrogens with zero attached hydrogens (tertiary/aromatic N) is 4. The predicted molar refractivity (Wildman–Crippen MR) is 66.1 cm³/mol. The molecule has 0 spiro atoms. The SMILES string of the molecule is CCOCCOCCOCC(N=C=S)N=[N+]=[N-]. The third-order valence-electron chi connectivity index (χ3n) is 1.60. The Morgan fingerprint density at radius 3 is 2.47 bits per heavy atom. The van der Waals surface area contributed by atoms with E-state index in [-0.39, 0.29) is 6.61 Å². The quantitative estimate of drug-likeness (QED) is 0.141. The van der Waals surface area contributed by atoms with E-state index in [2.05, 4.69) is 32.4 Å². The van der Waals surface area contributed by atoms with E-state index in [1.807, 2.05) is 6.92 Å². The summed E-state index contributed by atoms with van der Waals surface area (Å²) in [5, 5.41) is 5.51. The minimum atomic E-state index is -0.652. The maximum absolute atomic E-state index is 8.23. The zero-order chi connectivity index (χ0) is 12.8. The van der Waals surface area contributed by atoms with Crippen molar-refractivity contribution in [3.05, 3.63) is 10.4 Å². The Labute approximate surface area is 105 Å². The zero-order valence-electron chi connectivity index (χ0n) is 9.74. The van der Waals surface area contributed by atoms with Crippen molar-refractivity contribution in [2.75, 3.05) is 39.6 Å². The average Bonchev–Trinajstić information content (AvgIpc) is 2.33. The highest BCUT2D eigenvalue weighted by Crippen LogP contribution is 1.94. The fraction of sp³-hybridized carbons (Fsp3) is 0.889. The molecule has 0 saturated heterocycles. The maximum atomic E-state index is 8.23. The van der Waals surface area contributed by atoms with Gasteiger partial charge in [-0.15, -0.1) is 0 Å². The lowest BCUT2D eigenvalue weighted by atomic mass is 10.6. The first-order valence-electron chi connectivity index (χ1n) is 5.19. The van der Waals surface area contributed by atoms with Crippen LogP contribution in [0.2, 0.25) is 0 Å². The van der Waals surface area contributed by atoms with E-state index in [0.29, 0.717) is 33.0 Å². The smallest absolute Gasteiger partial charge is 0.162 e. The van der Waals surface area contributed by atoms with E-state index in [1.165, 1.54) is 0 Å². The maximum Gasteiger partial charge on any atom is 0.162 e. The van der Waals surface area contributed by atoms with Gasteiger partial charge in [-0.1, -0.05) is 5.11 Å². The van der Waals surface area contributed by atoms with Crippen LogP contribution in [-0.4, -0.2) is 51.0 Å². The summed E-state index contributed by atoms with van der Waals surface area (Å²) in [6, 6.07) is 0. The largest absolute Gasteiger partial charge is 0.379 e. The Kier molecular flexibility index (Phi) is 12.3. The van der Waals surface area contributed by atoms with E-state index in [1.54, 1.807) is 0 Å². The molecule has 7 nitrogen and oxygen atoms in total. The van der Waals surface area contributed by atoms with Gasteiger partial charge in [-0.2, -0.15) is 0 Å². The number of isothiocyanates is 1. The van der Waals surface area contributed by atoms with E-state index in [4.69, 9.17) is 19.7 Å². The molecule has 0 aliphatic rings. The van der Waals surface area contributed by atoms with Crippen LogP contribution in [-0.2, 0) is 14.2 Å². The van der Waals surface area contributed by atoms with Crippen molar-refractivity contribution >= 4 is 17.4 Å². The molecule has 0 saturated carbocycles. The van der Waals surface area contributed by atoms with Crippen LogP contribution in [0.25, 0.3) is 10.4 Å². The van der Waals surface area contributed by atoms with E-state index < -0.39 is 6.17 Å². The van der Waals surface area contributed by atoms with Gasteiger partial charge >= 0.3 is 0 Å². The van der Waals surface area contributed by atoms with E-state index in [9.17, 15) is 0 Å². The van der Waals surface area contributed by atoms with Crippen molar-refractivity contribution in [3.63, 3.8) is 0 Å². The second kappa shape index (κ2) is 13.1. The molecule has 0 aromatic heterocycles. The number of azide groups is 1. The molecule has 0 aliphatic heterocycles. The number of ether oxygens (including phenoxy) is 3. The normalized spacial score (nSPS) is 11.4. The number of rotatable bonds is 11. The Balaban J connectivity index is 3.42. The van der Waals surface area contributed by atoms with Gasteiger partial charge < -0.3 is 14.2 Å². The number of hydrogen-bond donors (Lipinski definition) is 0. The molecule has 0 rings (SSSR count). The molecule has 0 aromatic carbocycles. The first-order valence-corrected chi connectivity index (χ1v) is 5.60. The lowest BCUT2D eigenvalue weighted by Crippen LogP contribution is -2.14. The van der Waals surface area contributed by atoms with Crippen LogP contribution in [0.3, 0.4) is 0 Å². The average molecular weight is 260 g/mol. The number of aliphatic imine (C=N–C) groups is 1. The molecule has 0 aliphatic carbocycles. The van der Waals surface area contributed by atoms with Crippen molar-refractivity contribution in [1.29, 1.82) is 0 Å². The molecule has 0 bridgehead atoms. The Morgan fingerprint density at radius 2 is 1.88 bits per heavy atom. The topological polar surface area (TPSA) is 88.8 Å². The van der Waals surface area contributed by atoms with Gasteiger partial charge in [0.05, 0.1) is 38.2 Å². The Morgan fingerprint density at radius 1 is 1.24 bits per heavy atom. The van der Waals surface area contributed by atoms with Crippen molar-refractivity contribution < 1.29 is 14.2 Å². The summed E-state index contributed by atoms with van der Waals surface area (Å²) < 4.78 is 15.5. The summed E-state index contributed by atoms with van der Waals surface area (Å²) in [5.41, 5.74) is 8.23. The molecule has 0 N–H and O–H groups in total. The number of thiocarbonyl (C=S) groups is 1. The monoisotopic (exact) mass is 260 g/mol. The summed E-state index contributed by atoms with van der Waals surface area (Å²) in [6.07, 6.45) is -0.652. The standard InChI is InChI=1S/C9H16N4O3S/c1-2-14-3-4-15-5-6-16-7-9(11-8-17)12-13-10/h9H,2-7H2,1H3. The number of hydrogen-bond acceptors (Lipinski definition) is 6. The first-order chi connectivity index (χ1) is 8.35. The van der Waals surface area contributed by atoms with E-state index in [0.717, 1.165) is 0 Å². The molecular formula is C9H16N4O3S. The van der Waals surface area contributed by atoms with Gasteiger partial charge in [0, 0.05) is 11.5 Å². The van der Waals surface area contributed by atoms with Crippen molar-refractivity contribution in [2.45, 2.75) is 13.1 Å². The van der Waals surface area contributed by atoms with Crippen LogP contribution in [0.1, 0.15) is 6.92 Å². The van der Waals surface area contributed by atoms with Gasteiger partial charge in [0.2, 0.25) is 0 Å². The molecule has 8 heteroatoms. The minimum absolute atomic E-state index is 0.169. The molecule has 0 aromatic rings. The molecule has 0 fully saturated rings. The van der Waals surface area contributed by atoms with Crippen LogP contribution in [0.4, 0.5) is 0 Å². The van der Waals surface area contributed by atoms with Gasteiger partial charge in [-0.25, -0.2) is 4.99 Å². The highest BCUT2D eigenvalue weighted by atomic mass is 32.1. The van der Waals surface area contributed by atoms with Gasteiger partial charge in [0.1, 0.15) is 0 Å². The summed E-state index contributed by atoms with van der Waals surface area (Å²) in [6.45, 7) is 4.75.